The number of aliphatic hydroxyl groups is 1. The normalized spacial score (nSPS) is 24.3. The Bertz CT molecular complexity index is 495. The number of nitrogens with zero attached hydrogens (tertiary/aromatic N) is 4. The quantitative estimate of drug-likeness (QED) is 0.647. The molecule has 19 heavy (non-hydrogen) atoms. The third-order valence-electron chi connectivity index (χ3n) is 3.81. The summed E-state index contributed by atoms with van der Waals surface area (Å²) in [5.74, 6) is 1.07. The van der Waals surface area contributed by atoms with Crippen molar-refractivity contribution >= 4 is 11.6 Å². The van der Waals surface area contributed by atoms with E-state index in [2.05, 4.69) is 4.98 Å². The molecule has 0 bridgehead atoms. The second-order valence-corrected chi connectivity index (χ2v) is 5.46. The lowest BCUT2D eigenvalue weighted by Gasteiger charge is -2.23. The van der Waals surface area contributed by atoms with Crippen LogP contribution in [0.2, 0.25) is 0 Å². The lowest BCUT2D eigenvalue weighted by atomic mass is 9.98. The van der Waals surface area contributed by atoms with Crippen LogP contribution in [0.4, 0.5) is 11.6 Å². The van der Waals surface area contributed by atoms with E-state index in [4.69, 9.17) is 0 Å². The van der Waals surface area contributed by atoms with Crippen LogP contribution in [0.25, 0.3) is 0 Å². The second kappa shape index (κ2) is 4.80. The molecule has 0 aliphatic carbocycles. The Labute approximate surface area is 112 Å². The summed E-state index contributed by atoms with van der Waals surface area (Å²) in [7, 11) is 1.79. The van der Waals surface area contributed by atoms with Gasteiger partial charge in [-0.15, -0.1) is 0 Å². The molecule has 1 aliphatic rings. The Balaban J connectivity index is 2.33. The van der Waals surface area contributed by atoms with Crippen LogP contribution >= 0.6 is 0 Å². The number of nitro groups is 1. The van der Waals surface area contributed by atoms with Crippen molar-refractivity contribution in [3.8, 4) is 0 Å². The fourth-order valence-corrected chi connectivity index (χ4v) is 2.53. The van der Waals surface area contributed by atoms with Crippen LogP contribution in [0, 0.1) is 17.0 Å². The first kappa shape index (κ1) is 13.8. The first-order valence-electron chi connectivity index (χ1n) is 6.47. The van der Waals surface area contributed by atoms with E-state index in [1.807, 2.05) is 11.8 Å². The molecular formula is C12H20N4O3. The number of aromatic nitrogens is 2. The van der Waals surface area contributed by atoms with Gasteiger partial charge in [0.1, 0.15) is 0 Å². The lowest BCUT2D eigenvalue weighted by Crippen LogP contribution is -2.29. The molecule has 2 heterocycles. The van der Waals surface area contributed by atoms with Crippen LogP contribution < -0.4 is 4.90 Å². The van der Waals surface area contributed by atoms with Crippen LogP contribution in [0.15, 0.2) is 0 Å². The highest BCUT2D eigenvalue weighted by atomic mass is 16.6. The molecule has 1 atom stereocenters. The van der Waals surface area contributed by atoms with Gasteiger partial charge in [-0.1, -0.05) is 0 Å². The van der Waals surface area contributed by atoms with Gasteiger partial charge >= 0.3 is 5.82 Å². The van der Waals surface area contributed by atoms with Gasteiger partial charge in [-0.2, -0.15) is 0 Å². The first-order chi connectivity index (χ1) is 8.82. The number of aryl methyl sites for hydroxylation is 1. The van der Waals surface area contributed by atoms with Crippen LogP contribution in [-0.2, 0) is 7.05 Å². The largest absolute Gasteiger partial charge is 0.406 e. The van der Waals surface area contributed by atoms with Crippen molar-refractivity contribution in [1.29, 1.82) is 0 Å². The van der Waals surface area contributed by atoms with E-state index in [0.717, 1.165) is 6.42 Å². The lowest BCUT2D eigenvalue weighted by molar-refractivity contribution is -0.388. The van der Waals surface area contributed by atoms with E-state index in [9.17, 15) is 15.2 Å². The zero-order valence-corrected chi connectivity index (χ0v) is 11.6. The minimum absolute atomic E-state index is 0.0958. The molecule has 7 heteroatoms. The minimum atomic E-state index is -0.683. The number of rotatable bonds is 2. The minimum Gasteiger partial charge on any atom is -0.390 e. The molecule has 0 radical (unpaired) electrons. The van der Waals surface area contributed by atoms with E-state index in [-0.39, 0.29) is 5.82 Å². The molecule has 1 fully saturated rings. The van der Waals surface area contributed by atoms with Gasteiger partial charge in [-0.25, -0.2) is 0 Å². The van der Waals surface area contributed by atoms with Gasteiger partial charge in [0.25, 0.3) is 0 Å². The molecule has 2 rings (SSSR count). The third-order valence-corrected chi connectivity index (χ3v) is 3.81. The summed E-state index contributed by atoms with van der Waals surface area (Å²) in [4.78, 5) is 16.6. The summed E-state index contributed by atoms with van der Waals surface area (Å²) in [5, 5.41) is 21.2. The van der Waals surface area contributed by atoms with Crippen molar-refractivity contribution in [3.63, 3.8) is 0 Å². The molecule has 106 valence electrons. The van der Waals surface area contributed by atoms with Gasteiger partial charge in [0.05, 0.1) is 5.60 Å². The highest BCUT2D eigenvalue weighted by Gasteiger charge is 2.32. The molecule has 1 saturated heterocycles. The van der Waals surface area contributed by atoms with E-state index >= 15 is 0 Å². The third kappa shape index (κ3) is 2.70. The van der Waals surface area contributed by atoms with E-state index in [1.165, 1.54) is 0 Å². The maximum atomic E-state index is 11.1. The monoisotopic (exact) mass is 268 g/mol. The first-order valence-corrected chi connectivity index (χ1v) is 6.47. The maximum Gasteiger partial charge on any atom is 0.406 e. The van der Waals surface area contributed by atoms with Crippen molar-refractivity contribution in [1.82, 2.24) is 9.55 Å². The average molecular weight is 268 g/mol. The summed E-state index contributed by atoms with van der Waals surface area (Å²) in [5.41, 5.74) is -0.683. The number of hydrogen-bond donors (Lipinski definition) is 1. The predicted molar refractivity (Wildman–Crippen MR) is 71.3 cm³/mol. The summed E-state index contributed by atoms with van der Waals surface area (Å²) in [6.45, 7) is 4.88. The average Bonchev–Trinajstić information content (AvgIpc) is 2.50. The second-order valence-electron chi connectivity index (χ2n) is 5.46. The van der Waals surface area contributed by atoms with Gasteiger partial charge in [-0.3, -0.25) is 4.57 Å². The van der Waals surface area contributed by atoms with Crippen LogP contribution in [-0.4, -0.2) is 38.3 Å². The molecule has 1 aromatic heterocycles. The van der Waals surface area contributed by atoms with Gasteiger partial charge < -0.3 is 20.1 Å². The topological polar surface area (TPSA) is 84.4 Å². The summed E-state index contributed by atoms with van der Waals surface area (Å²) in [6, 6.07) is 0. The summed E-state index contributed by atoms with van der Waals surface area (Å²) < 4.78 is 1.75. The predicted octanol–water partition coefficient (Wildman–Crippen LogP) is 1.38. The Morgan fingerprint density at radius 1 is 1.42 bits per heavy atom. The van der Waals surface area contributed by atoms with Crippen molar-refractivity contribution in [2.75, 3.05) is 18.0 Å². The molecular weight excluding hydrogens is 248 g/mol. The zero-order valence-electron chi connectivity index (χ0n) is 11.6. The molecule has 1 aromatic rings. The van der Waals surface area contributed by atoms with Gasteiger partial charge in [-0.05, 0) is 36.1 Å². The molecule has 1 aliphatic heterocycles. The Morgan fingerprint density at radius 3 is 2.74 bits per heavy atom. The van der Waals surface area contributed by atoms with Crippen molar-refractivity contribution in [2.24, 2.45) is 7.05 Å². The van der Waals surface area contributed by atoms with Gasteiger partial charge in [0.15, 0.2) is 0 Å². The molecule has 1 N–H and O–H groups in total. The Morgan fingerprint density at radius 2 is 2.11 bits per heavy atom. The summed E-state index contributed by atoms with van der Waals surface area (Å²) >= 11 is 0. The number of imidazole rings is 1. The van der Waals surface area contributed by atoms with Crippen molar-refractivity contribution < 1.29 is 10.0 Å². The number of hydrogen-bond acceptors (Lipinski definition) is 5. The summed E-state index contributed by atoms with van der Waals surface area (Å²) in [6.07, 6.45) is 2.14. The van der Waals surface area contributed by atoms with Crippen molar-refractivity contribution in [2.45, 2.75) is 38.7 Å². The Hall–Kier alpha value is -1.63. The maximum absolute atomic E-state index is 11.1. The smallest absolute Gasteiger partial charge is 0.390 e. The zero-order chi connectivity index (χ0) is 14.2. The van der Waals surface area contributed by atoms with Gasteiger partial charge in [0.2, 0.25) is 11.6 Å². The van der Waals surface area contributed by atoms with E-state index in [1.54, 1.807) is 18.5 Å². The van der Waals surface area contributed by atoms with E-state index < -0.39 is 10.5 Å². The standard InChI is InChI=1S/C12H20N4O3/c1-9-13-10(16(18)19)11(14(9)3)15-7-4-5-12(2,17)6-8-15/h17H,4-8H2,1-3H3. The fraction of sp³-hybridized carbons (Fsp3) is 0.750. The Kier molecular flexibility index (Phi) is 3.49. The molecule has 1 unspecified atom stereocenters. The molecule has 7 nitrogen and oxygen atoms in total. The molecule has 0 spiro atoms. The van der Waals surface area contributed by atoms with Crippen LogP contribution in [0.5, 0.6) is 0 Å². The molecule has 0 saturated carbocycles. The molecule has 0 aromatic carbocycles. The van der Waals surface area contributed by atoms with E-state index in [0.29, 0.717) is 37.6 Å². The number of anilines is 1. The molecule has 0 amide bonds. The van der Waals surface area contributed by atoms with Crippen LogP contribution in [0.1, 0.15) is 32.0 Å². The van der Waals surface area contributed by atoms with Crippen LogP contribution in [0.3, 0.4) is 0 Å². The SMILES string of the molecule is Cc1nc([N+](=O)[O-])c(N2CCCC(C)(O)CC2)n1C. The van der Waals surface area contributed by atoms with Crippen molar-refractivity contribution in [3.05, 3.63) is 15.9 Å². The van der Waals surface area contributed by atoms with Gasteiger partial charge in [0, 0.05) is 27.1 Å². The highest BCUT2D eigenvalue weighted by Crippen LogP contribution is 2.31. The highest BCUT2D eigenvalue weighted by molar-refractivity contribution is 5.56. The fourth-order valence-electron chi connectivity index (χ4n) is 2.53.